The first-order valence-corrected chi connectivity index (χ1v) is 10.8. The Bertz CT molecular complexity index is 1030. The van der Waals surface area contributed by atoms with Crippen LogP contribution in [0.5, 0.6) is 0 Å². The normalized spacial score (nSPS) is 22.5. The number of carbonyl (C=O) groups excluding carboxylic acids is 2. The lowest BCUT2D eigenvalue weighted by Crippen LogP contribution is -2.53. The molecule has 0 radical (unpaired) electrons. The van der Waals surface area contributed by atoms with E-state index in [4.69, 9.17) is 9.47 Å². The third-order valence-electron chi connectivity index (χ3n) is 6.52. The maximum absolute atomic E-state index is 12.5. The van der Waals surface area contributed by atoms with Crippen LogP contribution in [-0.2, 0) is 19.1 Å². The summed E-state index contributed by atoms with van der Waals surface area (Å²) >= 11 is 0. The van der Waals surface area contributed by atoms with Crippen molar-refractivity contribution >= 4 is 18.0 Å². The van der Waals surface area contributed by atoms with Crippen molar-refractivity contribution in [3.8, 4) is 11.1 Å². The summed E-state index contributed by atoms with van der Waals surface area (Å²) in [6, 6.07) is 15.6. The minimum atomic E-state index is -1.20. The molecule has 3 aliphatic rings. The first kappa shape index (κ1) is 20.5. The van der Waals surface area contributed by atoms with Gasteiger partial charge in [0.25, 0.3) is 5.91 Å². The summed E-state index contributed by atoms with van der Waals surface area (Å²) in [5.74, 6) is -1.63. The maximum Gasteiger partial charge on any atom is 0.407 e. The molecule has 2 fully saturated rings. The highest BCUT2D eigenvalue weighted by atomic mass is 16.6. The molecular weight excluding hydrogens is 412 g/mol. The van der Waals surface area contributed by atoms with Crippen molar-refractivity contribution in [1.82, 2.24) is 10.6 Å². The standard InChI is InChI=1S/C24H24N2O6/c27-21(26-24(10-11-24)22(28)29)20-19(9-12-31-20)25-23(30)32-13-18-16-7-3-1-5-14(16)15-6-2-4-8-17(15)18/h1-8,18-20H,9-13H2,(H,25,30)(H,26,27)(H,28,29)/t19-,20+/m0/s1. The molecule has 8 heteroatoms. The van der Waals surface area contributed by atoms with Crippen LogP contribution in [0.2, 0.25) is 0 Å². The van der Waals surface area contributed by atoms with Crippen LogP contribution in [-0.4, -0.2) is 54.0 Å². The van der Waals surface area contributed by atoms with Crippen molar-refractivity contribution in [1.29, 1.82) is 0 Å². The number of fused-ring (bicyclic) bond motifs is 3. The Labute approximate surface area is 184 Å². The Hall–Kier alpha value is -3.39. The summed E-state index contributed by atoms with van der Waals surface area (Å²) in [6.07, 6.45) is -0.328. The number of benzene rings is 2. The topological polar surface area (TPSA) is 114 Å². The van der Waals surface area contributed by atoms with Crippen LogP contribution >= 0.6 is 0 Å². The fourth-order valence-corrected chi connectivity index (χ4v) is 4.61. The Morgan fingerprint density at radius 1 is 1.03 bits per heavy atom. The molecule has 32 heavy (non-hydrogen) atoms. The maximum atomic E-state index is 12.5. The van der Waals surface area contributed by atoms with Gasteiger partial charge in [-0.1, -0.05) is 48.5 Å². The summed E-state index contributed by atoms with van der Waals surface area (Å²) in [7, 11) is 0. The molecule has 5 rings (SSSR count). The van der Waals surface area contributed by atoms with Crippen LogP contribution in [0.15, 0.2) is 48.5 Å². The summed E-state index contributed by atoms with van der Waals surface area (Å²) in [4.78, 5) is 36.4. The van der Waals surface area contributed by atoms with E-state index < -0.39 is 35.7 Å². The van der Waals surface area contributed by atoms with E-state index in [0.29, 0.717) is 25.9 Å². The van der Waals surface area contributed by atoms with E-state index in [-0.39, 0.29) is 12.5 Å². The lowest BCUT2D eigenvalue weighted by Gasteiger charge is -2.22. The molecule has 0 bridgehead atoms. The van der Waals surface area contributed by atoms with Gasteiger partial charge in [0.1, 0.15) is 12.1 Å². The number of hydrogen-bond acceptors (Lipinski definition) is 5. The predicted molar refractivity (Wildman–Crippen MR) is 114 cm³/mol. The van der Waals surface area contributed by atoms with Crippen LogP contribution in [0, 0.1) is 0 Å². The Morgan fingerprint density at radius 3 is 2.25 bits per heavy atom. The largest absolute Gasteiger partial charge is 0.480 e. The predicted octanol–water partition coefficient (Wildman–Crippen LogP) is 2.42. The third kappa shape index (κ3) is 3.60. The SMILES string of the molecule is O=C(N[C@H]1CCO[C@H]1C(=O)NC1(C(=O)O)CC1)OCC1c2ccccc2-c2ccccc21. The van der Waals surface area contributed by atoms with Gasteiger partial charge in [0.05, 0.1) is 6.04 Å². The van der Waals surface area contributed by atoms with Crippen molar-refractivity contribution in [2.75, 3.05) is 13.2 Å². The first-order chi connectivity index (χ1) is 15.5. The molecule has 0 unspecified atom stereocenters. The number of rotatable bonds is 6. The van der Waals surface area contributed by atoms with Gasteiger partial charge in [-0.05, 0) is 41.5 Å². The van der Waals surface area contributed by atoms with E-state index >= 15 is 0 Å². The van der Waals surface area contributed by atoms with Gasteiger partial charge in [-0.15, -0.1) is 0 Å². The third-order valence-corrected chi connectivity index (χ3v) is 6.52. The number of carboxylic acids is 1. The summed E-state index contributed by atoms with van der Waals surface area (Å²) in [5.41, 5.74) is 3.32. The Balaban J connectivity index is 1.21. The van der Waals surface area contributed by atoms with Crippen LogP contribution in [0.25, 0.3) is 11.1 Å². The molecule has 1 saturated heterocycles. The Kier molecular flexibility index (Phi) is 5.09. The van der Waals surface area contributed by atoms with Gasteiger partial charge < -0.3 is 25.2 Å². The van der Waals surface area contributed by atoms with Crippen molar-refractivity contribution < 1.29 is 29.0 Å². The number of ether oxygens (including phenoxy) is 2. The number of nitrogens with one attached hydrogen (secondary N) is 2. The molecule has 2 atom stereocenters. The minimum absolute atomic E-state index is 0.0580. The number of hydrogen-bond donors (Lipinski definition) is 3. The van der Waals surface area contributed by atoms with Gasteiger partial charge in [0.2, 0.25) is 0 Å². The minimum Gasteiger partial charge on any atom is -0.480 e. The zero-order valence-electron chi connectivity index (χ0n) is 17.4. The molecule has 8 nitrogen and oxygen atoms in total. The molecule has 166 valence electrons. The van der Waals surface area contributed by atoms with E-state index in [1.807, 2.05) is 36.4 Å². The monoisotopic (exact) mass is 436 g/mol. The number of carboxylic acid groups (broad SMARTS) is 1. The fraction of sp³-hybridized carbons (Fsp3) is 0.375. The number of alkyl carbamates (subject to hydrolysis) is 1. The van der Waals surface area contributed by atoms with Crippen molar-refractivity contribution in [3.05, 3.63) is 59.7 Å². The summed E-state index contributed by atoms with van der Waals surface area (Å²) < 4.78 is 11.0. The van der Waals surface area contributed by atoms with Crippen LogP contribution < -0.4 is 10.6 Å². The summed E-state index contributed by atoms with van der Waals surface area (Å²) in [6.45, 7) is 0.471. The second-order valence-corrected chi connectivity index (χ2v) is 8.53. The van der Waals surface area contributed by atoms with E-state index in [1.54, 1.807) is 0 Å². The van der Waals surface area contributed by atoms with Gasteiger partial charge in [-0.2, -0.15) is 0 Å². The molecule has 2 aromatic carbocycles. The average molecular weight is 436 g/mol. The molecule has 2 aromatic rings. The Morgan fingerprint density at radius 2 is 1.66 bits per heavy atom. The number of carbonyl (C=O) groups is 3. The van der Waals surface area contributed by atoms with Gasteiger partial charge in [0, 0.05) is 12.5 Å². The molecule has 1 saturated carbocycles. The zero-order valence-corrected chi connectivity index (χ0v) is 17.4. The van der Waals surface area contributed by atoms with Crippen molar-refractivity contribution in [2.24, 2.45) is 0 Å². The van der Waals surface area contributed by atoms with Gasteiger partial charge in [0.15, 0.2) is 6.10 Å². The highest BCUT2D eigenvalue weighted by Crippen LogP contribution is 2.44. The highest BCUT2D eigenvalue weighted by Gasteiger charge is 2.53. The van der Waals surface area contributed by atoms with Crippen molar-refractivity contribution in [2.45, 2.75) is 42.9 Å². The van der Waals surface area contributed by atoms with Gasteiger partial charge in [-0.25, -0.2) is 9.59 Å². The summed E-state index contributed by atoms with van der Waals surface area (Å²) in [5, 5.41) is 14.6. The number of aliphatic carboxylic acids is 1. The van der Waals surface area contributed by atoms with E-state index in [2.05, 4.69) is 22.8 Å². The lowest BCUT2D eigenvalue weighted by molar-refractivity contribution is -0.145. The molecule has 1 heterocycles. The van der Waals surface area contributed by atoms with Gasteiger partial charge in [-0.3, -0.25) is 4.79 Å². The highest BCUT2D eigenvalue weighted by molar-refractivity contribution is 5.92. The first-order valence-electron chi connectivity index (χ1n) is 10.8. The van der Waals surface area contributed by atoms with E-state index in [9.17, 15) is 19.5 Å². The van der Waals surface area contributed by atoms with E-state index in [1.165, 1.54) is 0 Å². The van der Waals surface area contributed by atoms with Crippen molar-refractivity contribution in [3.63, 3.8) is 0 Å². The quantitative estimate of drug-likeness (QED) is 0.641. The average Bonchev–Trinajstić information content (AvgIpc) is 3.31. The molecule has 1 aliphatic heterocycles. The second kappa shape index (κ2) is 7.94. The second-order valence-electron chi connectivity index (χ2n) is 8.53. The lowest BCUT2D eigenvalue weighted by atomic mass is 9.98. The molecule has 2 aliphatic carbocycles. The molecule has 0 spiro atoms. The van der Waals surface area contributed by atoms with Crippen LogP contribution in [0.3, 0.4) is 0 Å². The number of amides is 2. The van der Waals surface area contributed by atoms with Gasteiger partial charge >= 0.3 is 12.1 Å². The van der Waals surface area contributed by atoms with Crippen LogP contribution in [0.4, 0.5) is 4.79 Å². The molecule has 0 aromatic heterocycles. The molecular formula is C24H24N2O6. The molecule has 2 amide bonds. The smallest absolute Gasteiger partial charge is 0.407 e. The van der Waals surface area contributed by atoms with Crippen LogP contribution in [0.1, 0.15) is 36.3 Å². The fourth-order valence-electron chi connectivity index (χ4n) is 4.61. The molecule has 3 N–H and O–H groups in total. The van der Waals surface area contributed by atoms with E-state index in [0.717, 1.165) is 22.3 Å². The zero-order chi connectivity index (χ0) is 22.3.